The molecule has 0 saturated heterocycles. The molecule has 1 aromatic carbocycles. The minimum Gasteiger partial charge on any atom is -0.778 e. The maximum atomic E-state index is 12.8. The number of benzene rings is 1. The summed E-state index contributed by atoms with van der Waals surface area (Å²) in [5, 5.41) is 2.74. The van der Waals surface area contributed by atoms with Gasteiger partial charge in [-0.25, -0.2) is 19.1 Å². The second kappa shape index (κ2) is 13.2. The lowest BCUT2D eigenvalue weighted by Gasteiger charge is -2.22. The molecule has 0 aliphatic heterocycles. The highest BCUT2D eigenvalue weighted by Crippen LogP contribution is 2.37. The van der Waals surface area contributed by atoms with Crippen LogP contribution in [0.2, 0.25) is 5.15 Å². The summed E-state index contributed by atoms with van der Waals surface area (Å²) in [6.07, 6.45) is 0.159. The van der Waals surface area contributed by atoms with Crippen molar-refractivity contribution in [3.8, 4) is 5.75 Å². The predicted octanol–water partition coefficient (Wildman–Crippen LogP) is 1.49. The number of imidazole rings is 1. The molecule has 0 aliphatic rings. The van der Waals surface area contributed by atoms with Gasteiger partial charge in [-0.3, -0.25) is 4.79 Å². The zero-order valence-electron chi connectivity index (χ0n) is 21.6. The molecule has 13 nitrogen and oxygen atoms in total. The van der Waals surface area contributed by atoms with E-state index in [-0.39, 0.29) is 61.4 Å². The summed E-state index contributed by atoms with van der Waals surface area (Å²) in [6.45, 7) is 5.90. The van der Waals surface area contributed by atoms with E-state index in [4.69, 9.17) is 37.1 Å². The standard InChI is InChI=1S/C23H33ClN7O6P/c1-4-30-16-8-7-15(36-9-6-12-38(33,34)37-11-10-35-3)13-17(16)31(5-2)18(30)14-27-23(32)19-21(25)29-22(26)20(24)28-19/h7-8,13H,4-6,9-12,14H2,1-3H3,(H5-,25,26,27,29,32,33,34). The van der Waals surface area contributed by atoms with E-state index in [2.05, 4.69) is 24.4 Å². The van der Waals surface area contributed by atoms with Gasteiger partial charge in [0.25, 0.3) is 11.7 Å². The molecule has 0 fully saturated rings. The molecule has 38 heavy (non-hydrogen) atoms. The monoisotopic (exact) mass is 569 g/mol. The molecule has 3 rings (SSSR count). The zero-order valence-corrected chi connectivity index (χ0v) is 23.3. The number of nitrogens with two attached hydrogens (primary N) is 2. The molecule has 1 unspecified atom stereocenters. The number of aromatic nitrogens is 4. The maximum Gasteiger partial charge on any atom is 0.277 e. The van der Waals surface area contributed by atoms with Gasteiger partial charge in [0.2, 0.25) is 0 Å². The van der Waals surface area contributed by atoms with Gasteiger partial charge in [-0.05, 0) is 32.4 Å². The number of ether oxygens (including phenoxy) is 2. The number of fused-ring (bicyclic) bond motifs is 1. The highest BCUT2D eigenvalue weighted by Gasteiger charge is 2.25. The van der Waals surface area contributed by atoms with Gasteiger partial charge in [0, 0.05) is 19.3 Å². The van der Waals surface area contributed by atoms with Crippen LogP contribution in [0.15, 0.2) is 18.2 Å². The van der Waals surface area contributed by atoms with Gasteiger partial charge < -0.3 is 40.2 Å². The Morgan fingerprint density at radius 1 is 1.21 bits per heavy atom. The molecule has 2 heterocycles. The molecular formula is C23H33ClN7O6P. The van der Waals surface area contributed by atoms with Crippen LogP contribution in [0.5, 0.6) is 5.75 Å². The molecule has 1 amide bonds. The molecule has 5 N–H and O–H groups in total. The minimum atomic E-state index is -3.93. The fraction of sp³-hybridized carbons (Fsp3) is 0.478. The van der Waals surface area contributed by atoms with Crippen LogP contribution < -0.4 is 31.0 Å². The van der Waals surface area contributed by atoms with Gasteiger partial charge in [0.05, 0.1) is 32.9 Å². The number of hydrogen-bond acceptors (Lipinski definition) is 10. The van der Waals surface area contributed by atoms with Crippen LogP contribution in [0, 0.1) is 0 Å². The number of nitrogens with one attached hydrogen (secondary N) is 1. The van der Waals surface area contributed by atoms with Gasteiger partial charge in [-0.1, -0.05) is 11.6 Å². The van der Waals surface area contributed by atoms with Crippen LogP contribution in [0.4, 0.5) is 11.6 Å². The predicted molar refractivity (Wildman–Crippen MR) is 141 cm³/mol. The van der Waals surface area contributed by atoms with Crippen LogP contribution in [0.1, 0.15) is 36.6 Å². The lowest BCUT2D eigenvalue weighted by atomic mass is 10.3. The molecule has 1 atom stereocenters. The Morgan fingerprint density at radius 2 is 1.97 bits per heavy atom. The second-order valence-electron chi connectivity index (χ2n) is 8.23. The highest BCUT2D eigenvalue weighted by atomic mass is 35.5. The number of nitrogen functional groups attached to an aromatic ring is 2. The van der Waals surface area contributed by atoms with Crippen molar-refractivity contribution in [2.45, 2.75) is 39.9 Å². The molecule has 3 aromatic rings. The third-order valence-corrected chi connectivity index (χ3v) is 7.45. The van der Waals surface area contributed by atoms with E-state index in [0.29, 0.717) is 18.8 Å². The third-order valence-electron chi connectivity index (χ3n) is 5.73. The van der Waals surface area contributed by atoms with Crippen LogP contribution >= 0.6 is 19.2 Å². The van der Waals surface area contributed by atoms with Gasteiger partial charge in [0.1, 0.15) is 19.9 Å². The molecule has 0 saturated carbocycles. The van der Waals surface area contributed by atoms with Crippen molar-refractivity contribution in [1.29, 1.82) is 0 Å². The van der Waals surface area contributed by atoms with Crippen molar-refractivity contribution in [3.63, 3.8) is 0 Å². The lowest BCUT2D eigenvalue weighted by Crippen LogP contribution is -2.40. The summed E-state index contributed by atoms with van der Waals surface area (Å²) in [4.78, 5) is 32.5. The summed E-state index contributed by atoms with van der Waals surface area (Å²) in [5.41, 5.74) is 13.2. The van der Waals surface area contributed by atoms with Gasteiger partial charge in [0.15, 0.2) is 33.5 Å². The Bertz CT molecular complexity index is 1340. The van der Waals surface area contributed by atoms with Crippen LogP contribution in [-0.4, -0.2) is 53.5 Å². The lowest BCUT2D eigenvalue weighted by molar-refractivity contribution is -0.676. The van der Waals surface area contributed by atoms with Gasteiger partial charge in [-0.2, -0.15) is 0 Å². The molecule has 0 spiro atoms. The van der Waals surface area contributed by atoms with Crippen LogP contribution in [0.25, 0.3) is 11.0 Å². The number of carbonyl (C=O) groups is 1. The van der Waals surface area contributed by atoms with E-state index in [9.17, 15) is 14.3 Å². The first-order valence-electron chi connectivity index (χ1n) is 12.1. The molecule has 0 bridgehead atoms. The van der Waals surface area contributed by atoms with E-state index in [1.54, 1.807) is 0 Å². The summed E-state index contributed by atoms with van der Waals surface area (Å²) in [5.74, 6) is 0.762. The first kappa shape index (κ1) is 29.6. The Hall–Kier alpha value is -2.96. The first-order chi connectivity index (χ1) is 18.1. The van der Waals surface area contributed by atoms with Crippen LogP contribution in [0.3, 0.4) is 0 Å². The van der Waals surface area contributed by atoms with Gasteiger partial charge in [-0.15, -0.1) is 0 Å². The fourth-order valence-electron chi connectivity index (χ4n) is 3.98. The van der Waals surface area contributed by atoms with E-state index < -0.39 is 13.5 Å². The Labute approximate surface area is 225 Å². The average molecular weight is 570 g/mol. The maximum absolute atomic E-state index is 12.8. The first-order valence-corrected chi connectivity index (χ1v) is 14.2. The van der Waals surface area contributed by atoms with E-state index in [1.165, 1.54) is 7.11 Å². The number of rotatable bonds is 14. The number of aryl methyl sites for hydroxylation is 2. The molecule has 15 heteroatoms. The van der Waals surface area contributed by atoms with Gasteiger partial charge >= 0.3 is 0 Å². The summed E-state index contributed by atoms with van der Waals surface area (Å²) >= 11 is 5.91. The van der Waals surface area contributed by atoms with E-state index >= 15 is 0 Å². The number of hydrogen-bond donors (Lipinski definition) is 3. The van der Waals surface area contributed by atoms with Crippen molar-refractivity contribution in [1.82, 2.24) is 19.9 Å². The molecule has 208 valence electrons. The SMILES string of the molecule is CCn1c(CNC(=O)c2nc(Cl)c(N)nc2N)[n+](CC)c2ccc(OCCCP(=O)([O-])OCCOC)cc21. The molecule has 0 aliphatic carbocycles. The number of anilines is 2. The third kappa shape index (κ3) is 7.12. The summed E-state index contributed by atoms with van der Waals surface area (Å²) in [6, 6.07) is 5.65. The van der Waals surface area contributed by atoms with E-state index in [0.717, 1.165) is 16.9 Å². The smallest absolute Gasteiger partial charge is 0.277 e. The minimum absolute atomic E-state index is 0.00244. The van der Waals surface area contributed by atoms with Crippen LogP contribution in [-0.2, 0) is 33.5 Å². The van der Waals surface area contributed by atoms with Crippen molar-refractivity contribution in [2.24, 2.45) is 0 Å². The quantitative estimate of drug-likeness (QED) is 0.146. The molecule has 2 aromatic heterocycles. The van der Waals surface area contributed by atoms with Crippen molar-refractivity contribution >= 4 is 47.8 Å². The number of halogens is 1. The Morgan fingerprint density at radius 3 is 2.66 bits per heavy atom. The number of nitrogens with zero attached hydrogens (tertiary/aromatic N) is 4. The number of carbonyl (C=O) groups excluding carboxylic acids is 1. The Kier molecular flexibility index (Phi) is 10.3. The molecular weight excluding hydrogens is 537 g/mol. The van der Waals surface area contributed by atoms with Crippen molar-refractivity contribution < 1.29 is 32.8 Å². The molecule has 0 radical (unpaired) electrons. The topological polar surface area (TPSA) is 184 Å². The zero-order chi connectivity index (χ0) is 27.9. The summed E-state index contributed by atoms with van der Waals surface area (Å²) in [7, 11) is -2.46. The largest absolute Gasteiger partial charge is 0.778 e. The number of methoxy groups -OCH3 is 1. The summed E-state index contributed by atoms with van der Waals surface area (Å²) < 4.78 is 31.6. The highest BCUT2D eigenvalue weighted by molar-refractivity contribution is 7.51. The normalized spacial score (nSPS) is 13.0. The Balaban J connectivity index is 1.73. The van der Waals surface area contributed by atoms with Crippen molar-refractivity contribution in [3.05, 3.63) is 34.9 Å². The second-order valence-corrected chi connectivity index (χ2v) is 10.5. The van der Waals surface area contributed by atoms with Crippen molar-refractivity contribution in [2.75, 3.05) is 44.6 Å². The number of amides is 1. The fourth-order valence-corrected chi connectivity index (χ4v) is 5.11. The van der Waals surface area contributed by atoms with E-state index in [1.807, 2.05) is 32.0 Å². The average Bonchev–Trinajstić information content (AvgIpc) is 3.19.